The molecule has 2 rings (SSSR count). The Labute approximate surface area is 117 Å². The van der Waals surface area contributed by atoms with Gasteiger partial charge in [-0.25, -0.2) is 0 Å². The van der Waals surface area contributed by atoms with Crippen molar-refractivity contribution in [1.82, 2.24) is 9.80 Å². The van der Waals surface area contributed by atoms with Crippen molar-refractivity contribution in [3.63, 3.8) is 0 Å². The van der Waals surface area contributed by atoms with Crippen LogP contribution in [0.25, 0.3) is 0 Å². The van der Waals surface area contributed by atoms with E-state index in [9.17, 15) is 4.79 Å². The molecule has 1 aliphatic heterocycles. The van der Waals surface area contributed by atoms with Crippen LogP contribution in [-0.4, -0.2) is 48.4 Å². The van der Waals surface area contributed by atoms with Gasteiger partial charge in [0.1, 0.15) is 0 Å². The molecule has 1 aromatic rings. The number of halogens is 1. The summed E-state index contributed by atoms with van der Waals surface area (Å²) in [6.45, 7) is 8.86. The van der Waals surface area contributed by atoms with Gasteiger partial charge in [-0.15, -0.1) is 0 Å². The van der Waals surface area contributed by atoms with E-state index in [2.05, 4.69) is 27.8 Å². The van der Waals surface area contributed by atoms with Crippen LogP contribution in [0.15, 0.2) is 22.7 Å². The van der Waals surface area contributed by atoms with Gasteiger partial charge >= 0.3 is 0 Å². The van der Waals surface area contributed by atoms with E-state index in [-0.39, 0.29) is 5.91 Å². The third-order valence-electron chi connectivity index (χ3n) is 3.53. The molecule has 0 spiro atoms. The van der Waals surface area contributed by atoms with Crippen LogP contribution in [0.3, 0.4) is 0 Å². The van der Waals surface area contributed by atoms with Crippen molar-refractivity contribution < 1.29 is 4.79 Å². The van der Waals surface area contributed by atoms with Gasteiger partial charge in [-0.2, -0.15) is 0 Å². The molecule has 0 N–H and O–H groups in total. The van der Waals surface area contributed by atoms with Gasteiger partial charge in [0.05, 0.1) is 0 Å². The molecule has 0 bridgehead atoms. The minimum absolute atomic E-state index is 0.163. The second-order valence-corrected chi connectivity index (χ2v) is 5.60. The smallest absolute Gasteiger partial charge is 0.254 e. The number of piperazine rings is 1. The second-order valence-electron chi connectivity index (χ2n) is 4.69. The lowest BCUT2D eigenvalue weighted by molar-refractivity contribution is 0.0642. The van der Waals surface area contributed by atoms with Crippen LogP contribution in [0.5, 0.6) is 0 Å². The highest BCUT2D eigenvalue weighted by Gasteiger charge is 2.22. The van der Waals surface area contributed by atoms with Crippen molar-refractivity contribution in [2.24, 2.45) is 0 Å². The van der Waals surface area contributed by atoms with Gasteiger partial charge in [0.2, 0.25) is 0 Å². The Morgan fingerprint density at radius 1 is 1.28 bits per heavy atom. The first-order valence-electron chi connectivity index (χ1n) is 6.39. The molecule has 0 atom stereocenters. The Morgan fingerprint density at radius 3 is 2.50 bits per heavy atom. The fraction of sp³-hybridized carbons (Fsp3) is 0.500. The quantitative estimate of drug-likeness (QED) is 0.838. The van der Waals surface area contributed by atoms with E-state index in [1.54, 1.807) is 0 Å². The van der Waals surface area contributed by atoms with E-state index in [0.717, 1.165) is 48.3 Å². The number of benzene rings is 1. The summed E-state index contributed by atoms with van der Waals surface area (Å²) in [5.41, 5.74) is 1.86. The molecular weight excluding hydrogens is 292 g/mol. The molecule has 0 aromatic heterocycles. The monoisotopic (exact) mass is 310 g/mol. The molecule has 0 unspecified atom stereocenters. The van der Waals surface area contributed by atoms with Crippen molar-refractivity contribution in [2.45, 2.75) is 13.8 Å². The van der Waals surface area contributed by atoms with Crippen molar-refractivity contribution in [2.75, 3.05) is 32.7 Å². The van der Waals surface area contributed by atoms with E-state index in [1.165, 1.54) is 0 Å². The molecule has 1 saturated heterocycles. The average Bonchev–Trinajstić information content (AvgIpc) is 2.38. The number of amides is 1. The Morgan fingerprint density at radius 2 is 1.94 bits per heavy atom. The Bertz CT molecular complexity index is 439. The molecule has 1 aromatic carbocycles. The topological polar surface area (TPSA) is 23.6 Å². The molecule has 1 amide bonds. The summed E-state index contributed by atoms with van der Waals surface area (Å²) in [7, 11) is 0. The zero-order valence-electron chi connectivity index (χ0n) is 10.9. The van der Waals surface area contributed by atoms with Crippen molar-refractivity contribution >= 4 is 21.8 Å². The molecule has 1 heterocycles. The molecule has 0 radical (unpaired) electrons. The number of carbonyl (C=O) groups is 1. The van der Waals surface area contributed by atoms with Gasteiger partial charge in [0.25, 0.3) is 5.91 Å². The minimum atomic E-state index is 0.163. The summed E-state index contributed by atoms with van der Waals surface area (Å²) in [5.74, 6) is 0.163. The van der Waals surface area contributed by atoms with Crippen LogP contribution in [0, 0.1) is 6.92 Å². The highest BCUT2D eigenvalue weighted by molar-refractivity contribution is 9.10. The van der Waals surface area contributed by atoms with Crippen LogP contribution < -0.4 is 0 Å². The van der Waals surface area contributed by atoms with Gasteiger partial charge in [0.15, 0.2) is 0 Å². The fourth-order valence-corrected chi connectivity index (χ4v) is 2.78. The summed E-state index contributed by atoms with van der Waals surface area (Å²) >= 11 is 3.43. The molecule has 1 aliphatic rings. The molecular formula is C14H19BrN2O. The molecule has 3 nitrogen and oxygen atoms in total. The number of nitrogens with zero attached hydrogens (tertiary/aromatic N) is 2. The zero-order valence-corrected chi connectivity index (χ0v) is 12.5. The maximum Gasteiger partial charge on any atom is 0.254 e. The van der Waals surface area contributed by atoms with E-state index in [1.807, 2.05) is 30.0 Å². The van der Waals surface area contributed by atoms with Gasteiger partial charge < -0.3 is 9.80 Å². The number of hydrogen-bond donors (Lipinski definition) is 0. The highest BCUT2D eigenvalue weighted by Crippen LogP contribution is 2.18. The SMILES string of the molecule is CCN1CCN(C(=O)c2ccc(Br)cc2C)CC1. The Hall–Kier alpha value is -0.870. The number of rotatable bonds is 2. The zero-order chi connectivity index (χ0) is 13.1. The number of carbonyl (C=O) groups excluding carboxylic acids is 1. The number of hydrogen-bond acceptors (Lipinski definition) is 2. The standard InChI is InChI=1S/C14H19BrN2O/c1-3-16-6-8-17(9-7-16)14(18)13-5-4-12(15)10-11(13)2/h4-5,10H,3,6-9H2,1-2H3. The van der Waals surface area contributed by atoms with Crippen molar-refractivity contribution in [3.8, 4) is 0 Å². The molecule has 98 valence electrons. The normalized spacial score (nSPS) is 16.9. The summed E-state index contributed by atoms with van der Waals surface area (Å²) in [6, 6.07) is 5.84. The third kappa shape index (κ3) is 2.93. The first-order chi connectivity index (χ1) is 8.61. The Balaban J connectivity index is 2.08. The largest absolute Gasteiger partial charge is 0.336 e. The van der Waals surface area contributed by atoms with Gasteiger partial charge in [-0.3, -0.25) is 4.79 Å². The van der Waals surface area contributed by atoms with Gasteiger partial charge in [-0.1, -0.05) is 22.9 Å². The second kappa shape index (κ2) is 5.85. The van der Waals surface area contributed by atoms with Crippen LogP contribution in [0.2, 0.25) is 0 Å². The minimum Gasteiger partial charge on any atom is -0.336 e. The van der Waals surface area contributed by atoms with Crippen LogP contribution in [0.1, 0.15) is 22.8 Å². The first kappa shape index (κ1) is 13.6. The summed E-state index contributed by atoms with van der Waals surface area (Å²) < 4.78 is 1.02. The number of likely N-dealkylation sites (N-methyl/N-ethyl adjacent to an activating group) is 1. The predicted octanol–water partition coefficient (Wildman–Crippen LogP) is 2.54. The summed E-state index contributed by atoms with van der Waals surface area (Å²) in [4.78, 5) is 16.8. The van der Waals surface area contributed by atoms with Crippen molar-refractivity contribution in [1.29, 1.82) is 0 Å². The van der Waals surface area contributed by atoms with Crippen molar-refractivity contribution in [3.05, 3.63) is 33.8 Å². The fourth-order valence-electron chi connectivity index (χ4n) is 2.30. The van der Waals surface area contributed by atoms with E-state index < -0.39 is 0 Å². The Kier molecular flexibility index (Phi) is 4.40. The summed E-state index contributed by atoms with van der Waals surface area (Å²) in [5, 5.41) is 0. The van der Waals surface area contributed by atoms with Crippen LogP contribution >= 0.6 is 15.9 Å². The maximum atomic E-state index is 12.4. The number of aryl methyl sites for hydroxylation is 1. The van der Waals surface area contributed by atoms with Gasteiger partial charge in [0, 0.05) is 36.2 Å². The average molecular weight is 311 g/mol. The summed E-state index contributed by atoms with van der Waals surface area (Å²) in [6.07, 6.45) is 0. The molecule has 0 saturated carbocycles. The van der Waals surface area contributed by atoms with Crippen LogP contribution in [0.4, 0.5) is 0 Å². The highest BCUT2D eigenvalue weighted by atomic mass is 79.9. The van der Waals surface area contributed by atoms with E-state index in [4.69, 9.17) is 0 Å². The lowest BCUT2D eigenvalue weighted by Crippen LogP contribution is -2.48. The lowest BCUT2D eigenvalue weighted by Gasteiger charge is -2.34. The molecule has 1 fully saturated rings. The predicted molar refractivity (Wildman–Crippen MR) is 76.9 cm³/mol. The van der Waals surface area contributed by atoms with Gasteiger partial charge in [-0.05, 0) is 37.2 Å². The van der Waals surface area contributed by atoms with E-state index >= 15 is 0 Å². The third-order valence-corrected chi connectivity index (χ3v) is 4.02. The van der Waals surface area contributed by atoms with Crippen LogP contribution in [-0.2, 0) is 0 Å². The molecule has 18 heavy (non-hydrogen) atoms. The molecule has 4 heteroatoms. The first-order valence-corrected chi connectivity index (χ1v) is 7.19. The lowest BCUT2D eigenvalue weighted by atomic mass is 10.1. The maximum absolute atomic E-state index is 12.4. The van der Waals surface area contributed by atoms with E-state index in [0.29, 0.717) is 0 Å². The molecule has 0 aliphatic carbocycles.